The van der Waals surface area contributed by atoms with Gasteiger partial charge in [0.1, 0.15) is 0 Å². The zero-order valence-electron chi connectivity index (χ0n) is 12.1. The molecule has 0 spiro atoms. The minimum Gasteiger partial charge on any atom is -0.415 e. The topological polar surface area (TPSA) is 86.5 Å². The van der Waals surface area contributed by atoms with Gasteiger partial charge in [-0.2, -0.15) is 0 Å². The number of piperidine rings is 1. The van der Waals surface area contributed by atoms with Gasteiger partial charge in [-0.05, 0) is 40.9 Å². The number of likely N-dealkylation sites (tertiary alicyclic amines) is 1. The highest BCUT2D eigenvalue weighted by atomic mass is 79.9. The van der Waals surface area contributed by atoms with Gasteiger partial charge < -0.3 is 15.1 Å². The number of primary amides is 1. The number of quaternary nitrogens is 1. The Labute approximate surface area is 136 Å². The fourth-order valence-corrected chi connectivity index (χ4v) is 3.29. The van der Waals surface area contributed by atoms with Crippen LogP contribution in [0.4, 0.5) is 0 Å². The van der Waals surface area contributed by atoms with Gasteiger partial charge in [-0.15, -0.1) is 10.2 Å². The molecule has 1 saturated heterocycles. The van der Waals surface area contributed by atoms with E-state index >= 15 is 0 Å². The number of carbonyl (C=O) groups excluding carboxylic acids is 1. The number of hydrogen-bond acceptors (Lipinski definition) is 4. The van der Waals surface area contributed by atoms with E-state index in [0.717, 1.165) is 36.0 Å². The van der Waals surface area contributed by atoms with Gasteiger partial charge in [-0.3, -0.25) is 4.79 Å². The number of nitrogens with two attached hydrogens (primary N) is 1. The molecule has 0 radical (unpaired) electrons. The third kappa shape index (κ3) is 3.36. The van der Waals surface area contributed by atoms with Gasteiger partial charge in [0.25, 0.3) is 5.89 Å². The highest BCUT2D eigenvalue weighted by Gasteiger charge is 2.28. The predicted octanol–water partition coefficient (Wildman–Crippen LogP) is 0.779. The maximum atomic E-state index is 11.3. The molecule has 2 atom stereocenters. The Morgan fingerprint density at radius 1 is 1.41 bits per heavy atom. The number of benzene rings is 1. The van der Waals surface area contributed by atoms with Gasteiger partial charge in [-0.1, -0.05) is 12.1 Å². The van der Waals surface area contributed by atoms with Crippen LogP contribution in [0.3, 0.4) is 0 Å². The van der Waals surface area contributed by atoms with E-state index in [4.69, 9.17) is 10.2 Å². The Hall–Kier alpha value is -1.73. The molecule has 0 bridgehead atoms. The average molecular weight is 366 g/mol. The van der Waals surface area contributed by atoms with Crippen LogP contribution in [-0.4, -0.2) is 29.2 Å². The van der Waals surface area contributed by atoms with Crippen molar-refractivity contribution in [3.05, 3.63) is 34.6 Å². The fourth-order valence-electron chi connectivity index (χ4n) is 2.84. The van der Waals surface area contributed by atoms with Crippen molar-refractivity contribution in [1.82, 2.24) is 10.2 Å². The summed E-state index contributed by atoms with van der Waals surface area (Å²) in [7, 11) is 0. The summed E-state index contributed by atoms with van der Waals surface area (Å²) in [5.74, 6) is 0.835. The van der Waals surface area contributed by atoms with Crippen molar-refractivity contribution in [2.75, 3.05) is 13.1 Å². The second-order valence-electron chi connectivity index (χ2n) is 5.60. The number of aromatic nitrogens is 2. The summed E-state index contributed by atoms with van der Waals surface area (Å²) in [6, 6.07) is 7.73. The fraction of sp³-hybridized carbons (Fsp3) is 0.400. The Morgan fingerprint density at radius 3 is 3.00 bits per heavy atom. The minimum atomic E-state index is -0.211. The van der Waals surface area contributed by atoms with Crippen LogP contribution in [0.2, 0.25) is 0 Å². The Morgan fingerprint density at radius 2 is 2.23 bits per heavy atom. The molecule has 2 heterocycles. The van der Waals surface area contributed by atoms with Gasteiger partial charge in [0.05, 0.1) is 24.6 Å². The smallest absolute Gasteiger partial charge is 0.271 e. The molecule has 3 rings (SSSR count). The molecular weight excluding hydrogens is 348 g/mol. The first-order chi connectivity index (χ1) is 10.6. The molecule has 0 aliphatic carbocycles. The normalized spacial score (nSPS) is 21.7. The minimum absolute atomic E-state index is 0.0468. The van der Waals surface area contributed by atoms with Crippen molar-refractivity contribution in [2.45, 2.75) is 19.4 Å². The van der Waals surface area contributed by atoms with E-state index in [1.54, 1.807) is 0 Å². The van der Waals surface area contributed by atoms with Crippen LogP contribution in [0.25, 0.3) is 11.5 Å². The molecule has 116 valence electrons. The predicted molar refractivity (Wildman–Crippen MR) is 83.8 cm³/mol. The van der Waals surface area contributed by atoms with Crippen LogP contribution in [-0.2, 0) is 11.3 Å². The standard InChI is InChI=1S/C15H17BrN4O2/c16-12-6-2-1-5-11(12)15-19-18-13(22-15)9-20-7-3-4-10(8-20)14(17)21/h1-2,5-6,10H,3-4,7-9H2,(H2,17,21)/p+1/t10-/m0/s1. The maximum absolute atomic E-state index is 11.3. The lowest BCUT2D eigenvalue weighted by molar-refractivity contribution is -0.922. The second kappa shape index (κ2) is 6.58. The highest BCUT2D eigenvalue weighted by molar-refractivity contribution is 9.10. The first-order valence-electron chi connectivity index (χ1n) is 7.33. The lowest BCUT2D eigenvalue weighted by Gasteiger charge is -2.26. The van der Waals surface area contributed by atoms with Crippen molar-refractivity contribution in [2.24, 2.45) is 11.7 Å². The van der Waals surface area contributed by atoms with Gasteiger partial charge in [0.2, 0.25) is 11.8 Å². The third-order valence-electron chi connectivity index (χ3n) is 3.99. The number of carbonyl (C=O) groups is 1. The SMILES string of the molecule is NC(=O)[C@H]1CCC[NH+](Cc2nnc(-c3ccccc3Br)o2)C1. The molecule has 7 heteroatoms. The summed E-state index contributed by atoms with van der Waals surface area (Å²) in [6.45, 7) is 2.36. The molecule has 2 aromatic rings. The maximum Gasteiger partial charge on any atom is 0.271 e. The van der Waals surface area contributed by atoms with Crippen molar-refractivity contribution >= 4 is 21.8 Å². The monoisotopic (exact) mass is 365 g/mol. The third-order valence-corrected chi connectivity index (χ3v) is 4.68. The Balaban J connectivity index is 1.70. The lowest BCUT2D eigenvalue weighted by atomic mass is 9.97. The van der Waals surface area contributed by atoms with E-state index in [1.807, 2.05) is 24.3 Å². The van der Waals surface area contributed by atoms with Crippen molar-refractivity contribution < 1.29 is 14.1 Å². The molecular formula is C15H18BrN4O2+. The van der Waals surface area contributed by atoms with E-state index in [-0.39, 0.29) is 11.8 Å². The molecule has 1 aliphatic heterocycles. The summed E-state index contributed by atoms with van der Waals surface area (Å²) in [5.41, 5.74) is 6.29. The van der Waals surface area contributed by atoms with Crippen molar-refractivity contribution in [3.8, 4) is 11.5 Å². The van der Waals surface area contributed by atoms with Crippen LogP contribution in [0.5, 0.6) is 0 Å². The Bertz CT molecular complexity index is 673. The average Bonchev–Trinajstić information content (AvgIpc) is 2.96. The largest absolute Gasteiger partial charge is 0.415 e. The Kier molecular flexibility index (Phi) is 4.54. The number of halogens is 1. The van der Waals surface area contributed by atoms with Gasteiger partial charge in [0, 0.05) is 4.47 Å². The lowest BCUT2D eigenvalue weighted by Crippen LogP contribution is -3.12. The van der Waals surface area contributed by atoms with Crippen molar-refractivity contribution in [3.63, 3.8) is 0 Å². The van der Waals surface area contributed by atoms with Gasteiger partial charge in [-0.25, -0.2) is 0 Å². The molecule has 1 aromatic heterocycles. The molecule has 1 fully saturated rings. The molecule has 6 nitrogen and oxygen atoms in total. The summed E-state index contributed by atoms with van der Waals surface area (Å²) in [5, 5.41) is 8.24. The van der Waals surface area contributed by atoms with E-state index in [0.29, 0.717) is 18.3 Å². The van der Waals surface area contributed by atoms with Crippen LogP contribution < -0.4 is 10.6 Å². The van der Waals surface area contributed by atoms with Gasteiger partial charge in [0.15, 0.2) is 6.54 Å². The van der Waals surface area contributed by atoms with Crippen LogP contribution in [0.15, 0.2) is 33.2 Å². The van der Waals surface area contributed by atoms with E-state index in [2.05, 4.69) is 26.1 Å². The molecule has 3 N–H and O–H groups in total. The van der Waals surface area contributed by atoms with Gasteiger partial charge >= 0.3 is 0 Å². The highest BCUT2D eigenvalue weighted by Crippen LogP contribution is 2.26. The second-order valence-corrected chi connectivity index (χ2v) is 6.46. The van der Waals surface area contributed by atoms with Crippen molar-refractivity contribution in [1.29, 1.82) is 0 Å². The molecule has 1 aromatic carbocycles. The molecule has 1 amide bonds. The summed E-state index contributed by atoms with van der Waals surface area (Å²) >= 11 is 3.48. The van der Waals surface area contributed by atoms with E-state index in [9.17, 15) is 4.79 Å². The summed E-state index contributed by atoms with van der Waals surface area (Å²) < 4.78 is 6.68. The summed E-state index contributed by atoms with van der Waals surface area (Å²) in [4.78, 5) is 12.6. The molecule has 1 unspecified atom stereocenters. The molecule has 0 saturated carbocycles. The molecule has 22 heavy (non-hydrogen) atoms. The van der Waals surface area contributed by atoms with Crippen LogP contribution >= 0.6 is 15.9 Å². The van der Waals surface area contributed by atoms with Crippen LogP contribution in [0, 0.1) is 5.92 Å². The number of hydrogen-bond donors (Lipinski definition) is 2. The number of nitrogens with one attached hydrogen (secondary N) is 1. The van der Waals surface area contributed by atoms with E-state index in [1.165, 1.54) is 4.90 Å². The first-order valence-corrected chi connectivity index (χ1v) is 8.13. The van der Waals surface area contributed by atoms with E-state index < -0.39 is 0 Å². The van der Waals surface area contributed by atoms with Crippen LogP contribution in [0.1, 0.15) is 18.7 Å². The number of nitrogens with zero attached hydrogens (tertiary/aromatic N) is 2. The molecule has 1 aliphatic rings. The number of rotatable bonds is 4. The summed E-state index contributed by atoms with van der Waals surface area (Å²) in [6.07, 6.45) is 1.87. The first kappa shape index (κ1) is 15.2. The quantitative estimate of drug-likeness (QED) is 0.837. The zero-order chi connectivity index (χ0) is 15.5. The number of amides is 1. The zero-order valence-corrected chi connectivity index (χ0v) is 13.7.